The van der Waals surface area contributed by atoms with Gasteiger partial charge in [0.1, 0.15) is 0 Å². The van der Waals surface area contributed by atoms with Gasteiger partial charge in [0.05, 0.1) is 10.3 Å². The van der Waals surface area contributed by atoms with Gasteiger partial charge in [-0.15, -0.1) is 0 Å². The molecule has 0 saturated carbocycles. The van der Waals surface area contributed by atoms with E-state index in [0.717, 1.165) is 5.56 Å². The smallest absolute Gasteiger partial charge is 0.212 e. The highest BCUT2D eigenvalue weighted by atomic mass is 32.2. The monoisotopic (exact) mass is 253 g/mol. The maximum Gasteiger partial charge on any atom is 0.219 e. The van der Waals surface area contributed by atoms with E-state index >= 15 is 0 Å². The van der Waals surface area contributed by atoms with Crippen LogP contribution in [0.5, 0.6) is 0 Å². The van der Waals surface area contributed by atoms with E-state index in [-0.39, 0.29) is 5.54 Å². The fourth-order valence-electron chi connectivity index (χ4n) is 1.96. The highest BCUT2D eigenvalue weighted by molar-refractivity contribution is 7.90. The van der Waals surface area contributed by atoms with Gasteiger partial charge in [0, 0.05) is 6.54 Å². The molecule has 4 heteroatoms. The van der Waals surface area contributed by atoms with E-state index in [1.807, 2.05) is 37.3 Å². The maximum absolute atomic E-state index is 12.3. The molecule has 1 aromatic rings. The van der Waals surface area contributed by atoms with E-state index in [1.54, 1.807) is 25.1 Å². The summed E-state index contributed by atoms with van der Waals surface area (Å²) < 4.78 is 25.5. The lowest BCUT2D eigenvalue weighted by Crippen LogP contribution is -2.35. The summed E-state index contributed by atoms with van der Waals surface area (Å²) in [6, 6.07) is 9.80. The molecule has 17 heavy (non-hydrogen) atoms. The van der Waals surface area contributed by atoms with Crippen LogP contribution < -0.4 is 0 Å². The molecule has 2 atom stereocenters. The van der Waals surface area contributed by atoms with Crippen molar-refractivity contribution in [2.45, 2.75) is 38.0 Å². The quantitative estimate of drug-likeness (QED) is 0.759. The van der Waals surface area contributed by atoms with Gasteiger partial charge in [-0.1, -0.05) is 30.3 Å². The molecule has 1 aliphatic rings. The summed E-state index contributed by atoms with van der Waals surface area (Å²) in [4.78, 5) is 0. The van der Waals surface area contributed by atoms with E-state index in [4.69, 9.17) is 0 Å². The Hall–Kier alpha value is -0.870. The fraction of sp³-hybridized carbons (Fsp3) is 0.538. The van der Waals surface area contributed by atoms with Crippen LogP contribution in [0.4, 0.5) is 0 Å². The molecule has 1 unspecified atom stereocenters. The lowest BCUT2D eigenvalue weighted by molar-refractivity contribution is 0.492. The molecule has 94 valence electrons. The Balaban J connectivity index is 2.33. The zero-order valence-electron chi connectivity index (χ0n) is 10.8. The summed E-state index contributed by atoms with van der Waals surface area (Å²) in [6.07, 6.45) is 0. The predicted octanol–water partition coefficient (Wildman–Crippen LogP) is 2.35. The molecule has 0 amide bonds. The van der Waals surface area contributed by atoms with Crippen molar-refractivity contribution in [1.29, 1.82) is 0 Å². The van der Waals surface area contributed by atoms with Gasteiger partial charge < -0.3 is 0 Å². The summed E-state index contributed by atoms with van der Waals surface area (Å²) in [5.74, 6) is 0. The molecule has 0 aromatic heterocycles. The van der Waals surface area contributed by atoms with Gasteiger partial charge in [-0.05, 0) is 33.3 Å². The van der Waals surface area contributed by atoms with Gasteiger partial charge in [-0.2, -0.15) is 4.31 Å². The first-order valence-electron chi connectivity index (χ1n) is 5.77. The zero-order valence-corrected chi connectivity index (χ0v) is 11.6. The zero-order chi connectivity index (χ0) is 12.9. The van der Waals surface area contributed by atoms with Crippen LogP contribution in [0.15, 0.2) is 30.3 Å². The van der Waals surface area contributed by atoms with Crippen LogP contribution in [0.2, 0.25) is 0 Å². The third-order valence-electron chi connectivity index (χ3n) is 3.36. The summed E-state index contributed by atoms with van der Waals surface area (Å²) in [7, 11) is -3.23. The number of rotatable bonds is 2. The molecule has 0 spiro atoms. The Bertz CT molecular complexity index is 516. The summed E-state index contributed by atoms with van der Waals surface area (Å²) >= 11 is 0. The largest absolute Gasteiger partial charge is 0.219 e. The normalized spacial score (nSPS) is 29.1. The molecule has 0 radical (unpaired) electrons. The third kappa shape index (κ3) is 1.89. The standard InChI is InChI=1S/C13H19NO2S/c1-12(2,3)17(15,16)14-10-13(14,4)11-8-6-5-7-9-11/h5-9H,10H2,1-4H3/t13-,14?/m1/s1. The van der Waals surface area contributed by atoms with E-state index < -0.39 is 14.8 Å². The second-order valence-electron chi connectivity index (χ2n) is 5.76. The minimum Gasteiger partial charge on any atom is -0.212 e. The predicted molar refractivity (Wildman–Crippen MR) is 69.2 cm³/mol. The van der Waals surface area contributed by atoms with E-state index in [0.29, 0.717) is 6.54 Å². The SMILES string of the molecule is CC(C)(C)S(=O)(=O)N1C[C@]1(C)c1ccccc1. The van der Waals surface area contributed by atoms with Gasteiger partial charge in [-0.25, -0.2) is 8.42 Å². The van der Waals surface area contributed by atoms with Crippen LogP contribution in [-0.4, -0.2) is 24.0 Å². The van der Waals surface area contributed by atoms with Crippen LogP contribution in [0.25, 0.3) is 0 Å². The molecule has 3 nitrogen and oxygen atoms in total. The molecule has 0 N–H and O–H groups in total. The van der Waals surface area contributed by atoms with Crippen molar-refractivity contribution < 1.29 is 8.42 Å². The third-order valence-corrected chi connectivity index (χ3v) is 6.02. The van der Waals surface area contributed by atoms with Gasteiger partial charge in [0.25, 0.3) is 0 Å². The first kappa shape index (κ1) is 12.6. The number of benzene rings is 1. The van der Waals surface area contributed by atoms with E-state index in [1.165, 1.54) is 0 Å². The Morgan fingerprint density at radius 2 is 1.71 bits per heavy atom. The summed E-state index contributed by atoms with van der Waals surface area (Å²) in [5, 5.41) is 0. The maximum atomic E-state index is 12.3. The van der Waals surface area contributed by atoms with E-state index in [9.17, 15) is 8.42 Å². The number of nitrogens with zero attached hydrogens (tertiary/aromatic N) is 1. The van der Waals surface area contributed by atoms with Crippen molar-refractivity contribution in [3.05, 3.63) is 35.9 Å². The molecule has 1 heterocycles. The minimum absolute atomic E-state index is 0.354. The Morgan fingerprint density at radius 3 is 2.18 bits per heavy atom. The van der Waals surface area contributed by atoms with Crippen molar-refractivity contribution in [2.24, 2.45) is 0 Å². The molecule has 1 fully saturated rings. The molecule has 1 aromatic carbocycles. The molecule has 1 saturated heterocycles. The number of hydrogen-bond acceptors (Lipinski definition) is 2. The van der Waals surface area contributed by atoms with Crippen molar-refractivity contribution in [3.63, 3.8) is 0 Å². The Kier molecular flexibility index (Phi) is 2.64. The average Bonchev–Trinajstić information content (AvgIpc) is 2.93. The molecule has 2 rings (SSSR count). The van der Waals surface area contributed by atoms with Gasteiger partial charge in [0.2, 0.25) is 10.0 Å². The first-order valence-corrected chi connectivity index (χ1v) is 7.21. The van der Waals surface area contributed by atoms with Crippen molar-refractivity contribution in [1.82, 2.24) is 4.31 Å². The average molecular weight is 253 g/mol. The second kappa shape index (κ2) is 3.56. The van der Waals surface area contributed by atoms with Gasteiger partial charge in [0.15, 0.2) is 0 Å². The molecule has 0 bridgehead atoms. The van der Waals surface area contributed by atoms with Crippen LogP contribution in [-0.2, 0) is 15.6 Å². The van der Waals surface area contributed by atoms with Gasteiger partial charge in [-0.3, -0.25) is 0 Å². The van der Waals surface area contributed by atoms with Crippen LogP contribution >= 0.6 is 0 Å². The summed E-state index contributed by atoms with van der Waals surface area (Å²) in [6.45, 7) is 7.78. The molecule has 0 aliphatic carbocycles. The minimum atomic E-state index is -3.23. The Morgan fingerprint density at radius 1 is 1.18 bits per heavy atom. The van der Waals surface area contributed by atoms with Gasteiger partial charge >= 0.3 is 0 Å². The second-order valence-corrected chi connectivity index (χ2v) is 8.38. The van der Waals surface area contributed by atoms with Crippen molar-refractivity contribution in [3.8, 4) is 0 Å². The lowest BCUT2D eigenvalue weighted by Gasteiger charge is -2.22. The number of sulfonamides is 1. The fourth-order valence-corrected chi connectivity index (χ4v) is 3.68. The topological polar surface area (TPSA) is 37.1 Å². The molecule has 1 aliphatic heterocycles. The highest BCUT2D eigenvalue weighted by Crippen LogP contribution is 2.47. The molecular weight excluding hydrogens is 234 g/mol. The van der Waals surface area contributed by atoms with Crippen LogP contribution in [0.3, 0.4) is 0 Å². The van der Waals surface area contributed by atoms with Crippen molar-refractivity contribution >= 4 is 10.0 Å². The molecular formula is C13H19NO2S. The highest BCUT2D eigenvalue weighted by Gasteiger charge is 2.58. The first-order chi connectivity index (χ1) is 7.69. The van der Waals surface area contributed by atoms with Crippen LogP contribution in [0.1, 0.15) is 33.3 Å². The summed E-state index contributed by atoms with van der Waals surface area (Å²) in [5.41, 5.74) is 0.709. The van der Waals surface area contributed by atoms with Crippen molar-refractivity contribution in [2.75, 3.05) is 6.54 Å². The van der Waals surface area contributed by atoms with Crippen LogP contribution in [0, 0.1) is 0 Å². The Labute approximate surface area is 104 Å². The number of hydrogen-bond donors (Lipinski definition) is 0. The lowest BCUT2D eigenvalue weighted by atomic mass is 10.0. The van der Waals surface area contributed by atoms with E-state index in [2.05, 4.69) is 0 Å².